The Labute approximate surface area is 111 Å². The molecule has 4 heteroatoms. The second-order valence-electron chi connectivity index (χ2n) is 4.94. The summed E-state index contributed by atoms with van der Waals surface area (Å²) in [6.07, 6.45) is 3.54. The molecule has 0 amide bonds. The van der Waals surface area contributed by atoms with Crippen LogP contribution in [0.3, 0.4) is 0 Å². The smallest absolute Gasteiger partial charge is 0.142 e. The molecule has 0 aliphatic carbocycles. The van der Waals surface area contributed by atoms with Gasteiger partial charge in [0.1, 0.15) is 17.8 Å². The van der Waals surface area contributed by atoms with Crippen LogP contribution in [0.1, 0.15) is 24.1 Å². The van der Waals surface area contributed by atoms with Crippen molar-refractivity contribution < 1.29 is 0 Å². The number of fused-ring (bicyclic) bond motifs is 2. The van der Waals surface area contributed by atoms with Crippen LogP contribution in [0.2, 0.25) is 0 Å². The van der Waals surface area contributed by atoms with Crippen molar-refractivity contribution in [3.63, 3.8) is 0 Å². The summed E-state index contributed by atoms with van der Waals surface area (Å²) in [6.45, 7) is 3.14. The van der Waals surface area contributed by atoms with Crippen LogP contribution in [-0.4, -0.2) is 15.0 Å². The van der Waals surface area contributed by atoms with E-state index in [0.29, 0.717) is 6.04 Å². The maximum Gasteiger partial charge on any atom is 0.142 e. The molecule has 1 aliphatic rings. The molecule has 94 valence electrons. The molecule has 19 heavy (non-hydrogen) atoms. The average Bonchev–Trinajstić information content (AvgIpc) is 3.04. The Balaban J connectivity index is 1.85. The van der Waals surface area contributed by atoms with Gasteiger partial charge in [0, 0.05) is 12.7 Å². The molecule has 0 bridgehead atoms. The maximum absolute atomic E-state index is 4.49. The summed E-state index contributed by atoms with van der Waals surface area (Å²) in [7, 11) is 0. The van der Waals surface area contributed by atoms with E-state index in [1.165, 1.54) is 11.1 Å². The lowest BCUT2D eigenvalue weighted by Gasteiger charge is -2.23. The topological polar surface area (TPSA) is 44.8 Å². The molecule has 2 aromatic heterocycles. The Morgan fingerprint density at radius 3 is 3.00 bits per heavy atom. The van der Waals surface area contributed by atoms with Crippen molar-refractivity contribution in [2.24, 2.45) is 0 Å². The predicted octanol–water partition coefficient (Wildman–Crippen LogP) is 3.04. The zero-order valence-corrected chi connectivity index (χ0v) is 10.7. The third kappa shape index (κ3) is 1.46. The van der Waals surface area contributed by atoms with E-state index in [1.807, 2.05) is 12.3 Å². The molecule has 1 aliphatic heterocycles. The van der Waals surface area contributed by atoms with Crippen LogP contribution in [0.25, 0.3) is 11.0 Å². The largest absolute Gasteiger partial charge is 0.346 e. The Morgan fingerprint density at radius 2 is 2.11 bits per heavy atom. The summed E-state index contributed by atoms with van der Waals surface area (Å²) in [5.41, 5.74) is 3.68. The number of aromatic amines is 1. The molecule has 4 nitrogen and oxygen atoms in total. The molecule has 1 N–H and O–H groups in total. The molecular formula is C15H14N4. The molecule has 4 rings (SSSR count). The highest BCUT2D eigenvalue weighted by atomic mass is 15.2. The monoisotopic (exact) mass is 250 g/mol. The van der Waals surface area contributed by atoms with Gasteiger partial charge in [-0.2, -0.15) is 0 Å². The van der Waals surface area contributed by atoms with Gasteiger partial charge in [0.05, 0.1) is 11.4 Å². The van der Waals surface area contributed by atoms with Gasteiger partial charge in [-0.05, 0) is 24.1 Å². The van der Waals surface area contributed by atoms with Gasteiger partial charge < -0.3 is 9.88 Å². The minimum Gasteiger partial charge on any atom is -0.346 e. The summed E-state index contributed by atoms with van der Waals surface area (Å²) in [5, 5.41) is 1.09. The Morgan fingerprint density at radius 1 is 1.21 bits per heavy atom. The van der Waals surface area contributed by atoms with Gasteiger partial charge in [-0.15, -0.1) is 0 Å². The fourth-order valence-corrected chi connectivity index (χ4v) is 2.92. The minimum absolute atomic E-state index is 0.351. The van der Waals surface area contributed by atoms with Crippen molar-refractivity contribution in [3.8, 4) is 0 Å². The first-order chi connectivity index (χ1) is 9.34. The molecule has 0 fully saturated rings. The minimum atomic E-state index is 0.351. The lowest BCUT2D eigenvalue weighted by molar-refractivity contribution is 0.723. The molecule has 0 spiro atoms. The summed E-state index contributed by atoms with van der Waals surface area (Å²) in [5.74, 6) is 1.01. The van der Waals surface area contributed by atoms with Crippen LogP contribution in [0.15, 0.2) is 42.9 Å². The summed E-state index contributed by atoms with van der Waals surface area (Å²) in [4.78, 5) is 14.2. The quantitative estimate of drug-likeness (QED) is 0.722. The number of aromatic nitrogens is 3. The van der Waals surface area contributed by atoms with Gasteiger partial charge >= 0.3 is 0 Å². The third-order valence-electron chi connectivity index (χ3n) is 3.92. The highest BCUT2D eigenvalue weighted by molar-refractivity contribution is 5.87. The molecule has 3 heterocycles. The number of benzene rings is 1. The van der Waals surface area contributed by atoms with E-state index < -0.39 is 0 Å². The van der Waals surface area contributed by atoms with E-state index >= 15 is 0 Å². The zero-order chi connectivity index (χ0) is 12.8. The predicted molar refractivity (Wildman–Crippen MR) is 74.9 cm³/mol. The van der Waals surface area contributed by atoms with Gasteiger partial charge in [-0.25, -0.2) is 9.97 Å². The normalized spacial score (nSPS) is 17.9. The molecule has 1 aromatic carbocycles. The van der Waals surface area contributed by atoms with E-state index in [-0.39, 0.29) is 0 Å². The number of anilines is 1. The summed E-state index contributed by atoms with van der Waals surface area (Å²) >= 11 is 0. The van der Waals surface area contributed by atoms with Gasteiger partial charge in [0.2, 0.25) is 0 Å². The Hall–Kier alpha value is -2.36. The Bertz CT molecular complexity index is 746. The lowest BCUT2D eigenvalue weighted by atomic mass is 10.1. The molecule has 0 saturated carbocycles. The number of nitrogens with zero attached hydrogens (tertiary/aromatic N) is 3. The molecule has 1 atom stereocenters. The highest BCUT2D eigenvalue weighted by Gasteiger charge is 2.28. The van der Waals surface area contributed by atoms with Crippen LogP contribution in [0, 0.1) is 0 Å². The first-order valence-electron chi connectivity index (χ1n) is 6.47. The van der Waals surface area contributed by atoms with E-state index in [9.17, 15) is 0 Å². The molecule has 1 unspecified atom stereocenters. The molecule has 3 aromatic rings. The van der Waals surface area contributed by atoms with Crippen LogP contribution >= 0.6 is 0 Å². The molecule has 0 radical (unpaired) electrons. The SMILES string of the molecule is CC1c2ccccc2CN1c1ncnc2[nH]ccc12. The van der Waals surface area contributed by atoms with Crippen molar-refractivity contribution in [3.05, 3.63) is 54.0 Å². The second-order valence-corrected chi connectivity index (χ2v) is 4.94. The zero-order valence-electron chi connectivity index (χ0n) is 10.7. The van der Waals surface area contributed by atoms with Gasteiger partial charge in [-0.1, -0.05) is 24.3 Å². The van der Waals surface area contributed by atoms with E-state index in [1.54, 1.807) is 6.33 Å². The fourth-order valence-electron chi connectivity index (χ4n) is 2.92. The van der Waals surface area contributed by atoms with Crippen molar-refractivity contribution >= 4 is 16.9 Å². The third-order valence-corrected chi connectivity index (χ3v) is 3.92. The molecular weight excluding hydrogens is 236 g/mol. The fraction of sp³-hybridized carbons (Fsp3) is 0.200. The van der Waals surface area contributed by atoms with Crippen molar-refractivity contribution in [2.45, 2.75) is 19.5 Å². The van der Waals surface area contributed by atoms with Crippen molar-refractivity contribution in [1.82, 2.24) is 15.0 Å². The van der Waals surface area contributed by atoms with Crippen molar-refractivity contribution in [2.75, 3.05) is 4.90 Å². The van der Waals surface area contributed by atoms with E-state index in [0.717, 1.165) is 23.4 Å². The number of nitrogens with one attached hydrogen (secondary N) is 1. The van der Waals surface area contributed by atoms with Gasteiger partial charge in [-0.3, -0.25) is 0 Å². The van der Waals surface area contributed by atoms with Crippen LogP contribution in [0.4, 0.5) is 5.82 Å². The summed E-state index contributed by atoms with van der Waals surface area (Å²) in [6, 6.07) is 11.0. The van der Waals surface area contributed by atoms with Crippen LogP contribution < -0.4 is 4.90 Å². The highest BCUT2D eigenvalue weighted by Crippen LogP contribution is 2.38. The number of rotatable bonds is 1. The number of hydrogen-bond donors (Lipinski definition) is 1. The van der Waals surface area contributed by atoms with Gasteiger partial charge in [0.15, 0.2) is 0 Å². The van der Waals surface area contributed by atoms with Crippen molar-refractivity contribution in [1.29, 1.82) is 0 Å². The number of hydrogen-bond acceptors (Lipinski definition) is 3. The average molecular weight is 250 g/mol. The second kappa shape index (κ2) is 3.82. The lowest BCUT2D eigenvalue weighted by Crippen LogP contribution is -2.20. The van der Waals surface area contributed by atoms with Crippen LogP contribution in [-0.2, 0) is 6.54 Å². The van der Waals surface area contributed by atoms with Crippen LogP contribution in [0.5, 0.6) is 0 Å². The first kappa shape index (κ1) is 10.6. The standard InChI is InChI=1S/C15H14N4/c1-10-12-5-3-2-4-11(12)8-19(10)15-13-6-7-16-14(13)17-9-18-15/h2-7,9-10H,8H2,1H3,(H,16,17,18). The Kier molecular flexibility index (Phi) is 2.12. The van der Waals surface area contributed by atoms with E-state index in [2.05, 4.69) is 51.0 Å². The van der Waals surface area contributed by atoms with Gasteiger partial charge in [0.25, 0.3) is 0 Å². The summed E-state index contributed by atoms with van der Waals surface area (Å²) < 4.78 is 0. The number of H-pyrrole nitrogens is 1. The molecule has 0 saturated heterocycles. The van der Waals surface area contributed by atoms with E-state index in [4.69, 9.17) is 0 Å². The first-order valence-corrected chi connectivity index (χ1v) is 6.47. The maximum atomic E-state index is 4.49.